The second-order valence-corrected chi connectivity index (χ2v) is 3.47. The Kier molecular flexibility index (Phi) is 2.69. The van der Waals surface area contributed by atoms with E-state index in [1.54, 1.807) is 0 Å². The van der Waals surface area contributed by atoms with Crippen LogP contribution in [0.2, 0.25) is 0 Å². The minimum absolute atomic E-state index is 0.190. The molecule has 1 unspecified atom stereocenters. The third kappa shape index (κ3) is 2.05. The summed E-state index contributed by atoms with van der Waals surface area (Å²) in [4.78, 5) is 34.0. The summed E-state index contributed by atoms with van der Waals surface area (Å²) in [6.45, 7) is 0. The van der Waals surface area contributed by atoms with Crippen molar-refractivity contribution >= 4 is 23.0 Å². The van der Waals surface area contributed by atoms with Gasteiger partial charge in [-0.15, -0.1) is 0 Å². The van der Waals surface area contributed by atoms with E-state index in [2.05, 4.69) is 15.0 Å². The largest absolute Gasteiger partial charge is 0.370 e. The van der Waals surface area contributed by atoms with Crippen LogP contribution < -0.4 is 11.5 Å². The van der Waals surface area contributed by atoms with Crippen molar-refractivity contribution in [3.8, 4) is 0 Å². The van der Waals surface area contributed by atoms with Gasteiger partial charge in [-0.05, 0) is 0 Å². The molecule has 0 spiro atoms. The first kappa shape index (κ1) is 11.0. The summed E-state index contributed by atoms with van der Waals surface area (Å²) >= 11 is 0. The van der Waals surface area contributed by atoms with Gasteiger partial charge in [0.25, 0.3) is 0 Å². The predicted octanol–water partition coefficient (Wildman–Crippen LogP) is -1.27. The van der Waals surface area contributed by atoms with Crippen LogP contribution in [-0.4, -0.2) is 31.3 Å². The molecule has 2 rings (SSSR count). The molecule has 0 aliphatic heterocycles. The number of imidazole rings is 1. The number of rotatable bonds is 4. The third-order valence-corrected chi connectivity index (χ3v) is 2.30. The van der Waals surface area contributed by atoms with Crippen LogP contribution >= 0.6 is 0 Å². The fourth-order valence-electron chi connectivity index (χ4n) is 1.54. The van der Waals surface area contributed by atoms with E-state index in [0.717, 1.165) is 0 Å². The Hall–Kier alpha value is -2.51. The zero-order valence-corrected chi connectivity index (χ0v) is 8.78. The molecule has 0 bridgehead atoms. The number of primary amides is 2. The van der Waals surface area contributed by atoms with E-state index in [1.165, 1.54) is 23.4 Å². The molecule has 0 radical (unpaired) electrons. The van der Waals surface area contributed by atoms with E-state index < -0.39 is 17.9 Å². The maximum absolute atomic E-state index is 11.3. The molecule has 17 heavy (non-hydrogen) atoms. The van der Waals surface area contributed by atoms with Gasteiger partial charge >= 0.3 is 0 Å². The lowest BCUT2D eigenvalue weighted by atomic mass is 10.2. The average molecular weight is 234 g/mol. The SMILES string of the molecule is NC(=O)CC(C(N)=O)n1cnc2cncnc21. The molecule has 2 aromatic rings. The Morgan fingerprint density at radius 3 is 2.76 bits per heavy atom. The standard InChI is InChI=1S/C9H10N6O2/c10-7(16)1-6(8(11)17)15-4-14-5-2-12-3-13-9(5)15/h2-4,6H,1H2,(H2,10,16)(H2,11,17). The van der Waals surface area contributed by atoms with E-state index in [1.807, 2.05) is 0 Å². The Morgan fingerprint density at radius 1 is 1.35 bits per heavy atom. The van der Waals surface area contributed by atoms with E-state index in [9.17, 15) is 9.59 Å². The van der Waals surface area contributed by atoms with E-state index >= 15 is 0 Å². The van der Waals surface area contributed by atoms with Crippen molar-refractivity contribution in [2.45, 2.75) is 12.5 Å². The molecule has 2 aromatic heterocycles. The minimum Gasteiger partial charge on any atom is -0.370 e. The monoisotopic (exact) mass is 234 g/mol. The molecule has 0 saturated carbocycles. The zero-order chi connectivity index (χ0) is 12.4. The molecule has 8 nitrogen and oxygen atoms in total. The van der Waals surface area contributed by atoms with Crippen LogP contribution in [0.25, 0.3) is 11.2 Å². The van der Waals surface area contributed by atoms with Gasteiger partial charge in [0.15, 0.2) is 5.65 Å². The van der Waals surface area contributed by atoms with Gasteiger partial charge in [0.2, 0.25) is 11.8 Å². The van der Waals surface area contributed by atoms with Crippen molar-refractivity contribution in [1.29, 1.82) is 0 Å². The lowest BCUT2D eigenvalue weighted by Crippen LogP contribution is -2.30. The van der Waals surface area contributed by atoms with Crippen molar-refractivity contribution in [3.05, 3.63) is 18.9 Å². The van der Waals surface area contributed by atoms with Crippen molar-refractivity contribution in [2.75, 3.05) is 0 Å². The van der Waals surface area contributed by atoms with E-state index in [0.29, 0.717) is 11.2 Å². The van der Waals surface area contributed by atoms with Crippen LogP contribution in [0.3, 0.4) is 0 Å². The highest BCUT2D eigenvalue weighted by atomic mass is 16.2. The normalized spacial score (nSPS) is 12.5. The van der Waals surface area contributed by atoms with Gasteiger partial charge in [0, 0.05) is 0 Å². The van der Waals surface area contributed by atoms with Gasteiger partial charge in [0.1, 0.15) is 17.9 Å². The Balaban J connectivity index is 2.48. The van der Waals surface area contributed by atoms with Crippen molar-refractivity contribution in [3.63, 3.8) is 0 Å². The number of nitrogens with zero attached hydrogens (tertiary/aromatic N) is 4. The molecule has 4 N–H and O–H groups in total. The second-order valence-electron chi connectivity index (χ2n) is 3.47. The number of hydrogen-bond donors (Lipinski definition) is 2. The Bertz CT molecular complexity index is 578. The molecular formula is C9H10N6O2. The van der Waals surface area contributed by atoms with Crippen LogP contribution in [0.5, 0.6) is 0 Å². The highest BCUT2D eigenvalue weighted by Crippen LogP contribution is 2.17. The number of nitrogens with two attached hydrogens (primary N) is 2. The number of hydrogen-bond acceptors (Lipinski definition) is 5. The number of carbonyl (C=O) groups is 2. The van der Waals surface area contributed by atoms with Crippen molar-refractivity contribution in [2.24, 2.45) is 11.5 Å². The fourth-order valence-corrected chi connectivity index (χ4v) is 1.54. The summed E-state index contributed by atoms with van der Waals surface area (Å²) in [5.74, 6) is -1.29. The zero-order valence-electron chi connectivity index (χ0n) is 8.78. The van der Waals surface area contributed by atoms with Crippen LogP contribution in [0, 0.1) is 0 Å². The number of amides is 2. The quantitative estimate of drug-likeness (QED) is 0.681. The molecule has 8 heteroatoms. The maximum atomic E-state index is 11.3. The van der Waals surface area contributed by atoms with Gasteiger partial charge in [-0.3, -0.25) is 9.59 Å². The van der Waals surface area contributed by atoms with Crippen LogP contribution in [-0.2, 0) is 9.59 Å². The summed E-state index contributed by atoms with van der Waals surface area (Å²) in [5.41, 5.74) is 11.2. The third-order valence-electron chi connectivity index (χ3n) is 2.30. The first-order valence-corrected chi connectivity index (χ1v) is 4.79. The summed E-state index contributed by atoms with van der Waals surface area (Å²) in [6.07, 6.45) is 4.02. The smallest absolute Gasteiger partial charge is 0.241 e. The molecule has 0 aromatic carbocycles. The lowest BCUT2D eigenvalue weighted by Gasteiger charge is -2.13. The van der Waals surface area contributed by atoms with Gasteiger partial charge in [-0.1, -0.05) is 0 Å². The molecule has 0 aliphatic carbocycles. The van der Waals surface area contributed by atoms with E-state index in [4.69, 9.17) is 11.5 Å². The first-order chi connectivity index (χ1) is 8.09. The lowest BCUT2D eigenvalue weighted by molar-refractivity contribution is -0.126. The molecule has 2 amide bonds. The molecular weight excluding hydrogens is 224 g/mol. The number of carbonyl (C=O) groups excluding carboxylic acids is 2. The van der Waals surface area contributed by atoms with Crippen LogP contribution in [0.1, 0.15) is 12.5 Å². The topological polar surface area (TPSA) is 130 Å². The highest BCUT2D eigenvalue weighted by molar-refractivity contribution is 5.86. The highest BCUT2D eigenvalue weighted by Gasteiger charge is 2.22. The van der Waals surface area contributed by atoms with Gasteiger partial charge in [-0.2, -0.15) is 0 Å². The second kappa shape index (κ2) is 4.16. The number of fused-ring (bicyclic) bond motifs is 1. The average Bonchev–Trinajstić information content (AvgIpc) is 2.69. The molecule has 2 heterocycles. The summed E-state index contributed by atoms with van der Waals surface area (Å²) in [7, 11) is 0. The maximum Gasteiger partial charge on any atom is 0.241 e. The van der Waals surface area contributed by atoms with Crippen molar-refractivity contribution in [1.82, 2.24) is 19.5 Å². The summed E-state index contributed by atoms with van der Waals surface area (Å²) < 4.78 is 1.42. The first-order valence-electron chi connectivity index (χ1n) is 4.79. The number of aromatic nitrogens is 4. The molecule has 0 fully saturated rings. The summed E-state index contributed by atoms with van der Waals surface area (Å²) in [6, 6.07) is -0.882. The predicted molar refractivity (Wildman–Crippen MR) is 57.4 cm³/mol. The molecule has 88 valence electrons. The van der Waals surface area contributed by atoms with Gasteiger partial charge in [0.05, 0.1) is 18.9 Å². The Morgan fingerprint density at radius 2 is 2.12 bits per heavy atom. The fraction of sp³-hybridized carbons (Fsp3) is 0.222. The molecule has 0 saturated heterocycles. The van der Waals surface area contributed by atoms with Crippen LogP contribution in [0.4, 0.5) is 0 Å². The van der Waals surface area contributed by atoms with Gasteiger partial charge in [-0.25, -0.2) is 15.0 Å². The van der Waals surface area contributed by atoms with E-state index in [-0.39, 0.29) is 6.42 Å². The summed E-state index contributed by atoms with van der Waals surface area (Å²) in [5, 5.41) is 0. The Labute approximate surface area is 95.7 Å². The molecule has 1 atom stereocenters. The molecule has 0 aliphatic rings. The van der Waals surface area contributed by atoms with Crippen LogP contribution in [0.15, 0.2) is 18.9 Å². The minimum atomic E-state index is -0.882. The van der Waals surface area contributed by atoms with Gasteiger partial charge < -0.3 is 16.0 Å². The van der Waals surface area contributed by atoms with Crippen molar-refractivity contribution < 1.29 is 9.59 Å².